The van der Waals surface area contributed by atoms with Gasteiger partial charge in [-0.05, 0) is 61.7 Å². The fraction of sp³-hybridized carbons (Fsp3) is 0.227. The molecule has 1 aromatic carbocycles. The Morgan fingerprint density at radius 2 is 1.90 bits per heavy atom. The minimum atomic E-state index is -0.195. The summed E-state index contributed by atoms with van der Waals surface area (Å²) in [5, 5.41) is 14.2. The molecule has 0 unspecified atom stereocenters. The summed E-state index contributed by atoms with van der Waals surface area (Å²) in [6, 6.07) is 12.5. The summed E-state index contributed by atoms with van der Waals surface area (Å²) in [6.07, 6.45) is 2.76. The molecule has 0 atom stereocenters. The average molecular weight is 409 g/mol. The van der Waals surface area contributed by atoms with Crippen molar-refractivity contribution in [3.8, 4) is 11.6 Å². The summed E-state index contributed by atoms with van der Waals surface area (Å²) in [6.45, 7) is 4.92. The van der Waals surface area contributed by atoms with Gasteiger partial charge in [0, 0.05) is 18.8 Å². The van der Waals surface area contributed by atoms with E-state index >= 15 is 0 Å². The number of phenols is 1. The van der Waals surface area contributed by atoms with Crippen LogP contribution in [0.1, 0.15) is 33.9 Å². The second-order valence-electron chi connectivity index (χ2n) is 7.12. The van der Waals surface area contributed by atoms with E-state index in [0.717, 1.165) is 28.9 Å². The molecule has 1 aliphatic heterocycles. The van der Waals surface area contributed by atoms with Gasteiger partial charge >= 0.3 is 0 Å². The fourth-order valence-electron chi connectivity index (χ4n) is 3.50. The number of hydrogen-bond acceptors (Lipinski definition) is 4. The number of phenolic OH excluding ortho intramolecular Hbond substituents is 1. The van der Waals surface area contributed by atoms with E-state index in [2.05, 4.69) is 10.1 Å². The van der Waals surface area contributed by atoms with Crippen LogP contribution < -0.4 is 0 Å². The zero-order valence-electron chi connectivity index (χ0n) is 16.3. The highest BCUT2D eigenvalue weighted by Gasteiger charge is 2.23. The van der Waals surface area contributed by atoms with Gasteiger partial charge in [-0.3, -0.25) is 4.79 Å². The first-order chi connectivity index (χ1) is 13.9. The molecule has 3 aromatic rings. The summed E-state index contributed by atoms with van der Waals surface area (Å²) in [5.41, 5.74) is 4.27. The third kappa shape index (κ3) is 3.89. The Labute approximate surface area is 174 Å². The lowest BCUT2D eigenvalue weighted by Gasteiger charge is -2.27. The van der Waals surface area contributed by atoms with Crippen LogP contribution in [0.15, 0.2) is 48.5 Å². The minimum Gasteiger partial charge on any atom is -0.508 e. The van der Waals surface area contributed by atoms with E-state index in [1.165, 1.54) is 0 Å². The van der Waals surface area contributed by atoms with Crippen molar-refractivity contribution in [2.45, 2.75) is 20.3 Å². The van der Waals surface area contributed by atoms with Gasteiger partial charge in [0.25, 0.3) is 5.91 Å². The van der Waals surface area contributed by atoms with Crippen molar-refractivity contribution in [2.24, 2.45) is 0 Å². The third-order valence-electron chi connectivity index (χ3n) is 4.99. The molecule has 0 saturated heterocycles. The molecule has 1 aliphatic rings. The normalized spacial score (nSPS) is 14.0. The molecule has 0 radical (unpaired) electrons. The van der Waals surface area contributed by atoms with Crippen molar-refractivity contribution < 1.29 is 9.90 Å². The van der Waals surface area contributed by atoms with Gasteiger partial charge in [0.2, 0.25) is 0 Å². The first-order valence-corrected chi connectivity index (χ1v) is 9.78. The molecule has 3 heterocycles. The molecule has 0 spiro atoms. The maximum Gasteiger partial charge on any atom is 0.274 e. The van der Waals surface area contributed by atoms with Crippen LogP contribution in [-0.4, -0.2) is 43.8 Å². The molecular formula is C22H21ClN4O2. The Morgan fingerprint density at radius 3 is 2.52 bits per heavy atom. The van der Waals surface area contributed by atoms with Gasteiger partial charge in [-0.2, -0.15) is 5.10 Å². The SMILES string of the molecule is Cc1cc(C)n(-c2ccc(Cl)c(C(=O)N3CC=C(c4ccc(O)cc4)CC3)n2)n1. The smallest absolute Gasteiger partial charge is 0.274 e. The van der Waals surface area contributed by atoms with E-state index in [-0.39, 0.29) is 17.4 Å². The quantitative estimate of drug-likeness (QED) is 0.705. The molecule has 0 fully saturated rings. The van der Waals surface area contributed by atoms with Crippen molar-refractivity contribution in [3.63, 3.8) is 0 Å². The molecule has 1 amide bonds. The van der Waals surface area contributed by atoms with Crippen molar-refractivity contribution in [3.05, 3.63) is 76.2 Å². The molecule has 148 valence electrons. The molecule has 1 N–H and O–H groups in total. The van der Waals surface area contributed by atoms with Crippen molar-refractivity contribution in [1.29, 1.82) is 0 Å². The Bertz CT molecular complexity index is 1100. The van der Waals surface area contributed by atoms with Crippen molar-refractivity contribution >= 4 is 23.1 Å². The third-order valence-corrected chi connectivity index (χ3v) is 5.30. The second-order valence-corrected chi connectivity index (χ2v) is 7.52. The monoisotopic (exact) mass is 408 g/mol. The van der Waals surface area contributed by atoms with Gasteiger partial charge in [0.1, 0.15) is 11.4 Å². The lowest BCUT2D eigenvalue weighted by molar-refractivity contribution is 0.0767. The Hall–Kier alpha value is -3.12. The van der Waals surface area contributed by atoms with E-state index in [4.69, 9.17) is 11.6 Å². The summed E-state index contributed by atoms with van der Waals surface area (Å²) in [7, 11) is 0. The van der Waals surface area contributed by atoms with Crippen LogP contribution in [0.5, 0.6) is 5.75 Å². The van der Waals surface area contributed by atoms with Crippen LogP contribution in [0.25, 0.3) is 11.4 Å². The van der Waals surface area contributed by atoms with E-state index in [1.54, 1.807) is 33.8 Å². The number of aryl methyl sites for hydroxylation is 2. The zero-order chi connectivity index (χ0) is 20.5. The van der Waals surface area contributed by atoms with Gasteiger partial charge in [-0.25, -0.2) is 9.67 Å². The minimum absolute atomic E-state index is 0.195. The van der Waals surface area contributed by atoms with Crippen molar-refractivity contribution in [2.75, 3.05) is 13.1 Å². The molecule has 4 rings (SSSR count). The number of aromatic nitrogens is 3. The van der Waals surface area contributed by atoms with E-state index in [9.17, 15) is 9.90 Å². The van der Waals surface area contributed by atoms with Gasteiger partial charge in [0.15, 0.2) is 5.82 Å². The lowest BCUT2D eigenvalue weighted by atomic mass is 9.99. The fourth-order valence-corrected chi connectivity index (χ4v) is 3.69. The summed E-state index contributed by atoms with van der Waals surface area (Å²) >= 11 is 6.30. The number of pyridine rings is 1. The van der Waals surface area contributed by atoms with Crippen molar-refractivity contribution in [1.82, 2.24) is 19.7 Å². The molecular weight excluding hydrogens is 388 g/mol. The molecule has 29 heavy (non-hydrogen) atoms. The topological polar surface area (TPSA) is 71.2 Å². The number of benzene rings is 1. The van der Waals surface area contributed by atoms with Crippen LogP contribution >= 0.6 is 11.6 Å². The standard InChI is InChI=1S/C22H21ClN4O2/c1-14-13-15(2)27(25-14)20-8-7-19(23)21(24-20)22(29)26-11-9-17(10-12-26)16-3-5-18(28)6-4-16/h3-9,13,28H,10-12H2,1-2H3. The molecule has 0 bridgehead atoms. The van der Waals surface area contributed by atoms with Crippen LogP contribution in [0, 0.1) is 13.8 Å². The highest BCUT2D eigenvalue weighted by Crippen LogP contribution is 2.26. The predicted molar refractivity (Wildman–Crippen MR) is 112 cm³/mol. The Balaban J connectivity index is 1.56. The van der Waals surface area contributed by atoms with Gasteiger partial charge in [-0.1, -0.05) is 29.8 Å². The maximum absolute atomic E-state index is 13.1. The average Bonchev–Trinajstić information content (AvgIpc) is 3.06. The molecule has 0 aliphatic carbocycles. The number of hydrogen-bond donors (Lipinski definition) is 1. The number of carbonyl (C=O) groups is 1. The van der Waals surface area contributed by atoms with Gasteiger partial charge in [0.05, 0.1) is 10.7 Å². The molecule has 0 saturated carbocycles. The van der Waals surface area contributed by atoms with Gasteiger partial charge < -0.3 is 10.0 Å². The molecule has 2 aromatic heterocycles. The van der Waals surface area contributed by atoms with Crippen LogP contribution in [0.4, 0.5) is 0 Å². The first kappa shape index (κ1) is 19.2. The first-order valence-electron chi connectivity index (χ1n) is 9.40. The van der Waals surface area contributed by atoms with Crippen LogP contribution in [0.3, 0.4) is 0 Å². The zero-order valence-corrected chi connectivity index (χ0v) is 17.0. The summed E-state index contributed by atoms with van der Waals surface area (Å²) in [4.78, 5) is 19.3. The van der Waals surface area contributed by atoms with Gasteiger partial charge in [-0.15, -0.1) is 0 Å². The van der Waals surface area contributed by atoms with Crippen LogP contribution in [-0.2, 0) is 0 Å². The molecule has 6 nitrogen and oxygen atoms in total. The number of halogens is 1. The van der Waals surface area contributed by atoms with Crippen LogP contribution in [0.2, 0.25) is 5.02 Å². The Kier molecular flexibility index (Phi) is 5.11. The summed E-state index contributed by atoms with van der Waals surface area (Å²) in [5.74, 6) is 0.616. The molecule has 7 heteroatoms. The lowest BCUT2D eigenvalue weighted by Crippen LogP contribution is -2.35. The number of nitrogens with zero attached hydrogens (tertiary/aromatic N) is 4. The largest absolute Gasteiger partial charge is 0.508 e. The van der Waals surface area contributed by atoms with E-state index in [1.807, 2.05) is 38.1 Å². The number of aromatic hydroxyl groups is 1. The highest BCUT2D eigenvalue weighted by atomic mass is 35.5. The summed E-state index contributed by atoms with van der Waals surface area (Å²) < 4.78 is 1.71. The highest BCUT2D eigenvalue weighted by molar-refractivity contribution is 6.33. The maximum atomic E-state index is 13.1. The number of amides is 1. The predicted octanol–water partition coefficient (Wildman–Crippen LogP) is 4.17. The van der Waals surface area contributed by atoms with E-state index < -0.39 is 0 Å². The Morgan fingerprint density at radius 1 is 1.14 bits per heavy atom. The van der Waals surface area contributed by atoms with E-state index in [0.29, 0.717) is 23.9 Å². The second kappa shape index (κ2) is 7.72. The number of rotatable bonds is 3. The number of carbonyl (C=O) groups excluding carboxylic acids is 1.